The van der Waals surface area contributed by atoms with Crippen LogP contribution in [0.5, 0.6) is 0 Å². The Labute approximate surface area is 118 Å². The van der Waals surface area contributed by atoms with Crippen LogP contribution in [0.1, 0.15) is 25.5 Å². The van der Waals surface area contributed by atoms with Crippen molar-refractivity contribution >= 4 is 5.95 Å². The van der Waals surface area contributed by atoms with Gasteiger partial charge in [0, 0.05) is 37.9 Å². The molecule has 2 aliphatic rings. The van der Waals surface area contributed by atoms with Crippen LogP contribution in [0.3, 0.4) is 0 Å². The highest BCUT2D eigenvalue weighted by atomic mass is 16.5. The van der Waals surface area contributed by atoms with Gasteiger partial charge in [-0.15, -0.1) is 0 Å². The number of aliphatic hydroxyl groups is 1. The minimum atomic E-state index is -0.555. The summed E-state index contributed by atoms with van der Waals surface area (Å²) in [7, 11) is 0. The van der Waals surface area contributed by atoms with Gasteiger partial charge in [0.05, 0.1) is 12.6 Å². The molecule has 6 nitrogen and oxygen atoms in total. The zero-order chi connectivity index (χ0) is 14.0. The van der Waals surface area contributed by atoms with E-state index < -0.39 is 11.7 Å². The van der Waals surface area contributed by atoms with Crippen LogP contribution in [0.4, 0.5) is 5.95 Å². The van der Waals surface area contributed by atoms with Crippen LogP contribution in [0.2, 0.25) is 0 Å². The van der Waals surface area contributed by atoms with Crippen molar-refractivity contribution in [3.05, 3.63) is 18.0 Å². The summed E-state index contributed by atoms with van der Waals surface area (Å²) in [5.74, 6) is 0.557. The van der Waals surface area contributed by atoms with Gasteiger partial charge in [-0.3, -0.25) is 0 Å². The van der Waals surface area contributed by atoms with Crippen LogP contribution in [0.15, 0.2) is 12.3 Å². The Morgan fingerprint density at radius 3 is 3.00 bits per heavy atom. The van der Waals surface area contributed by atoms with E-state index in [1.165, 1.54) is 0 Å². The maximum Gasteiger partial charge on any atom is 0.223 e. The third kappa shape index (κ3) is 2.51. The largest absolute Gasteiger partial charge is 0.388 e. The number of ether oxygens (including phenoxy) is 2. The van der Waals surface area contributed by atoms with Gasteiger partial charge in [0.2, 0.25) is 5.95 Å². The zero-order valence-electron chi connectivity index (χ0n) is 11.7. The Morgan fingerprint density at radius 2 is 2.25 bits per heavy atom. The number of hydrogen-bond acceptors (Lipinski definition) is 6. The molecule has 0 bridgehead atoms. The number of nitrogens with one attached hydrogen (secondary N) is 1. The number of aromatic nitrogens is 2. The lowest BCUT2D eigenvalue weighted by Crippen LogP contribution is -2.48. The first kappa shape index (κ1) is 13.7. The molecule has 2 fully saturated rings. The molecule has 3 heterocycles. The van der Waals surface area contributed by atoms with E-state index in [9.17, 15) is 5.11 Å². The summed E-state index contributed by atoms with van der Waals surface area (Å²) in [6, 6.07) is 1.73. The predicted molar refractivity (Wildman–Crippen MR) is 73.6 cm³/mol. The second kappa shape index (κ2) is 5.63. The van der Waals surface area contributed by atoms with E-state index in [0.29, 0.717) is 25.8 Å². The van der Waals surface area contributed by atoms with E-state index in [4.69, 9.17) is 9.47 Å². The fourth-order valence-electron chi connectivity index (χ4n) is 2.90. The molecule has 0 saturated carbocycles. The molecule has 0 amide bonds. The topological polar surface area (TPSA) is 76.5 Å². The van der Waals surface area contributed by atoms with Gasteiger partial charge in [0.15, 0.2) is 0 Å². The Hall–Kier alpha value is -1.24. The SMILES string of the molecule is CCc1ccnc(N[C@@H]2COC3(CCOCC3)[C@H]2O)n1. The summed E-state index contributed by atoms with van der Waals surface area (Å²) < 4.78 is 11.2. The summed E-state index contributed by atoms with van der Waals surface area (Å²) in [5, 5.41) is 13.8. The van der Waals surface area contributed by atoms with Gasteiger partial charge >= 0.3 is 0 Å². The van der Waals surface area contributed by atoms with Crippen molar-refractivity contribution in [2.24, 2.45) is 0 Å². The normalized spacial score (nSPS) is 28.7. The first-order chi connectivity index (χ1) is 9.73. The van der Waals surface area contributed by atoms with Crippen molar-refractivity contribution in [2.75, 3.05) is 25.1 Å². The zero-order valence-corrected chi connectivity index (χ0v) is 11.7. The van der Waals surface area contributed by atoms with Crippen LogP contribution in [0, 0.1) is 0 Å². The number of anilines is 1. The van der Waals surface area contributed by atoms with Gasteiger partial charge in [-0.25, -0.2) is 9.97 Å². The second-order valence-electron chi connectivity index (χ2n) is 5.41. The monoisotopic (exact) mass is 279 g/mol. The molecule has 0 aromatic carbocycles. The lowest BCUT2D eigenvalue weighted by atomic mass is 9.87. The predicted octanol–water partition coefficient (Wildman–Crippen LogP) is 0.760. The fourth-order valence-corrected chi connectivity index (χ4v) is 2.90. The first-order valence-corrected chi connectivity index (χ1v) is 7.22. The summed E-state index contributed by atoms with van der Waals surface area (Å²) >= 11 is 0. The average Bonchev–Trinajstić information content (AvgIpc) is 2.78. The van der Waals surface area contributed by atoms with Crippen molar-refractivity contribution in [3.8, 4) is 0 Å². The molecular weight excluding hydrogens is 258 g/mol. The molecule has 2 aliphatic heterocycles. The van der Waals surface area contributed by atoms with Crippen LogP contribution in [0.25, 0.3) is 0 Å². The van der Waals surface area contributed by atoms with Gasteiger partial charge in [0.1, 0.15) is 11.7 Å². The summed E-state index contributed by atoms with van der Waals surface area (Å²) in [4.78, 5) is 8.61. The molecule has 20 heavy (non-hydrogen) atoms. The highest BCUT2D eigenvalue weighted by Crippen LogP contribution is 2.36. The Kier molecular flexibility index (Phi) is 3.87. The van der Waals surface area contributed by atoms with E-state index in [1.54, 1.807) is 6.20 Å². The smallest absolute Gasteiger partial charge is 0.223 e. The highest BCUT2D eigenvalue weighted by molar-refractivity contribution is 5.29. The molecule has 6 heteroatoms. The van der Waals surface area contributed by atoms with Crippen molar-refractivity contribution in [1.82, 2.24) is 9.97 Å². The van der Waals surface area contributed by atoms with E-state index in [0.717, 1.165) is 25.0 Å². The lowest BCUT2D eigenvalue weighted by Gasteiger charge is -2.35. The van der Waals surface area contributed by atoms with Gasteiger partial charge in [0.25, 0.3) is 0 Å². The molecule has 3 rings (SSSR count). The molecule has 1 aromatic rings. The molecule has 0 radical (unpaired) electrons. The van der Waals surface area contributed by atoms with E-state index in [1.807, 2.05) is 6.07 Å². The van der Waals surface area contributed by atoms with E-state index in [2.05, 4.69) is 22.2 Å². The molecule has 0 aliphatic carbocycles. The average molecular weight is 279 g/mol. The van der Waals surface area contributed by atoms with Crippen LogP contribution < -0.4 is 5.32 Å². The molecule has 1 spiro atoms. The van der Waals surface area contributed by atoms with Crippen LogP contribution >= 0.6 is 0 Å². The van der Waals surface area contributed by atoms with E-state index in [-0.39, 0.29) is 6.04 Å². The molecule has 110 valence electrons. The molecule has 2 atom stereocenters. The Bertz CT molecular complexity index is 463. The van der Waals surface area contributed by atoms with Gasteiger partial charge in [-0.05, 0) is 12.5 Å². The fraction of sp³-hybridized carbons (Fsp3) is 0.714. The van der Waals surface area contributed by atoms with Crippen molar-refractivity contribution in [1.29, 1.82) is 0 Å². The van der Waals surface area contributed by atoms with Crippen molar-refractivity contribution in [2.45, 2.75) is 43.9 Å². The van der Waals surface area contributed by atoms with Gasteiger partial charge < -0.3 is 19.9 Å². The maximum atomic E-state index is 10.6. The summed E-state index contributed by atoms with van der Waals surface area (Å²) in [6.45, 7) is 3.81. The Balaban J connectivity index is 1.69. The third-order valence-electron chi connectivity index (χ3n) is 4.20. The quantitative estimate of drug-likeness (QED) is 0.850. The number of aliphatic hydroxyl groups excluding tert-OH is 1. The van der Waals surface area contributed by atoms with E-state index >= 15 is 0 Å². The number of hydrogen-bond donors (Lipinski definition) is 2. The van der Waals surface area contributed by atoms with Crippen molar-refractivity contribution in [3.63, 3.8) is 0 Å². The second-order valence-corrected chi connectivity index (χ2v) is 5.41. The molecule has 0 unspecified atom stereocenters. The van der Waals surface area contributed by atoms with Crippen LogP contribution in [-0.2, 0) is 15.9 Å². The molecular formula is C14H21N3O3. The van der Waals surface area contributed by atoms with Crippen LogP contribution in [-0.4, -0.2) is 52.6 Å². The minimum absolute atomic E-state index is 0.166. The van der Waals surface area contributed by atoms with Crippen molar-refractivity contribution < 1.29 is 14.6 Å². The number of rotatable bonds is 3. The number of nitrogens with zero attached hydrogens (tertiary/aromatic N) is 2. The summed E-state index contributed by atoms with van der Waals surface area (Å²) in [5.41, 5.74) is 0.523. The van der Waals surface area contributed by atoms with Gasteiger partial charge in [-0.2, -0.15) is 0 Å². The Morgan fingerprint density at radius 1 is 1.45 bits per heavy atom. The molecule has 2 saturated heterocycles. The number of aryl methyl sites for hydroxylation is 1. The minimum Gasteiger partial charge on any atom is -0.388 e. The molecule has 1 aromatic heterocycles. The standard InChI is InChI=1S/C14H21N3O3/c1-2-10-3-6-15-13(16-10)17-11-9-20-14(12(11)18)4-7-19-8-5-14/h3,6,11-12,18H,2,4-5,7-9H2,1H3,(H,15,16,17)/t11-,12+/m1/s1. The summed E-state index contributed by atoms with van der Waals surface area (Å²) in [6.07, 6.45) is 3.52. The third-order valence-corrected chi connectivity index (χ3v) is 4.20. The first-order valence-electron chi connectivity index (χ1n) is 7.22. The maximum absolute atomic E-state index is 10.6. The lowest BCUT2D eigenvalue weighted by molar-refractivity contribution is -0.119. The molecule has 2 N–H and O–H groups in total. The highest BCUT2D eigenvalue weighted by Gasteiger charge is 2.50. The van der Waals surface area contributed by atoms with Gasteiger partial charge in [-0.1, -0.05) is 6.92 Å².